The molecule has 0 heterocycles. The molecule has 3 rings (SSSR count). The van der Waals surface area contributed by atoms with Crippen LogP contribution in [0.2, 0.25) is 0 Å². The van der Waals surface area contributed by atoms with E-state index in [4.69, 9.17) is 4.74 Å². The average Bonchev–Trinajstić information content (AvgIpc) is 2.93. The zero-order valence-corrected chi connectivity index (χ0v) is 24.9. The molecule has 1 N–H and O–H groups in total. The summed E-state index contributed by atoms with van der Waals surface area (Å²) in [5.41, 5.74) is 1.96. The number of halogens is 1. The number of carbonyl (C=O) groups excluding carboxylic acids is 2. The van der Waals surface area contributed by atoms with Crippen LogP contribution in [0.4, 0.5) is 10.1 Å². The molecule has 0 spiro atoms. The number of aryl methyl sites for hydroxylation is 1. The summed E-state index contributed by atoms with van der Waals surface area (Å²) in [5.74, 6) is -1.19. The van der Waals surface area contributed by atoms with Crippen molar-refractivity contribution in [3.05, 3.63) is 95.3 Å². The Balaban J connectivity index is 2.10. The second-order valence-corrected chi connectivity index (χ2v) is 12.3. The van der Waals surface area contributed by atoms with Crippen LogP contribution in [-0.2, 0) is 32.6 Å². The van der Waals surface area contributed by atoms with Crippen LogP contribution in [0, 0.1) is 18.7 Å². The lowest BCUT2D eigenvalue weighted by molar-refractivity contribution is -0.140. The molecule has 0 aliphatic heterocycles. The molecule has 220 valence electrons. The predicted molar refractivity (Wildman–Crippen MR) is 159 cm³/mol. The van der Waals surface area contributed by atoms with Crippen LogP contribution >= 0.6 is 0 Å². The number of carbonyl (C=O) groups is 2. The zero-order chi connectivity index (χ0) is 30.2. The third-order valence-electron chi connectivity index (χ3n) is 6.54. The zero-order valence-electron chi connectivity index (χ0n) is 24.1. The van der Waals surface area contributed by atoms with Crippen LogP contribution in [0.1, 0.15) is 30.5 Å². The maximum atomic E-state index is 14.9. The Morgan fingerprint density at radius 2 is 1.66 bits per heavy atom. The second kappa shape index (κ2) is 14.1. The topological polar surface area (TPSA) is 96.0 Å². The maximum absolute atomic E-state index is 14.9. The number of hydrogen-bond acceptors (Lipinski definition) is 5. The van der Waals surface area contributed by atoms with Gasteiger partial charge in [0, 0.05) is 25.1 Å². The number of anilines is 1. The molecule has 0 aliphatic carbocycles. The number of benzene rings is 3. The number of sulfonamides is 1. The van der Waals surface area contributed by atoms with Crippen LogP contribution < -0.4 is 14.4 Å². The third kappa shape index (κ3) is 8.78. The number of amides is 2. The van der Waals surface area contributed by atoms with Gasteiger partial charge in [-0.05, 0) is 42.2 Å². The van der Waals surface area contributed by atoms with E-state index in [1.165, 1.54) is 24.1 Å². The highest BCUT2D eigenvalue weighted by Gasteiger charge is 2.34. The summed E-state index contributed by atoms with van der Waals surface area (Å²) in [6.07, 6.45) is 1.15. The Labute approximate surface area is 242 Å². The summed E-state index contributed by atoms with van der Waals surface area (Å²) >= 11 is 0. The molecule has 8 nitrogen and oxygen atoms in total. The van der Waals surface area contributed by atoms with Crippen molar-refractivity contribution in [2.75, 3.05) is 30.8 Å². The van der Waals surface area contributed by atoms with Gasteiger partial charge in [0.05, 0.1) is 19.1 Å². The van der Waals surface area contributed by atoms with Crippen LogP contribution in [0.5, 0.6) is 5.75 Å². The molecular weight excluding hydrogens is 545 g/mol. The Hall–Kier alpha value is -3.92. The minimum absolute atomic E-state index is 0.150. The molecule has 0 aliphatic rings. The molecule has 2 amide bonds. The smallest absolute Gasteiger partial charge is 0.244 e. The van der Waals surface area contributed by atoms with Crippen molar-refractivity contribution in [2.24, 2.45) is 5.92 Å². The van der Waals surface area contributed by atoms with Gasteiger partial charge in [-0.25, -0.2) is 12.8 Å². The average molecular weight is 584 g/mol. The van der Waals surface area contributed by atoms with E-state index in [1.807, 2.05) is 44.2 Å². The summed E-state index contributed by atoms with van der Waals surface area (Å²) in [7, 11) is -2.56. The molecular formula is C31H38FN3O5S. The van der Waals surface area contributed by atoms with Gasteiger partial charge in [-0.1, -0.05) is 68.4 Å². The highest BCUT2D eigenvalue weighted by atomic mass is 32.2. The minimum Gasteiger partial charge on any atom is -0.495 e. The van der Waals surface area contributed by atoms with E-state index in [1.54, 1.807) is 37.3 Å². The van der Waals surface area contributed by atoms with Crippen LogP contribution in [0.15, 0.2) is 72.8 Å². The molecule has 0 unspecified atom stereocenters. The molecule has 41 heavy (non-hydrogen) atoms. The fourth-order valence-corrected chi connectivity index (χ4v) is 5.22. The molecule has 0 saturated heterocycles. The van der Waals surface area contributed by atoms with E-state index >= 15 is 0 Å². The van der Waals surface area contributed by atoms with Crippen LogP contribution in [0.25, 0.3) is 0 Å². The molecule has 0 saturated carbocycles. The Kier molecular flexibility index (Phi) is 10.9. The van der Waals surface area contributed by atoms with Gasteiger partial charge in [0.2, 0.25) is 21.8 Å². The van der Waals surface area contributed by atoms with E-state index in [0.29, 0.717) is 6.54 Å². The van der Waals surface area contributed by atoms with Crippen molar-refractivity contribution in [3.8, 4) is 5.75 Å². The number of methoxy groups -OCH3 is 1. The van der Waals surface area contributed by atoms with Gasteiger partial charge in [0.1, 0.15) is 24.2 Å². The second-order valence-electron chi connectivity index (χ2n) is 10.4. The standard InChI is InChI=1S/C31H38FN3O5S/c1-22(2)19-33-31(37)28(18-24-11-7-6-8-12-24)34(20-25-13-9-10-14-26(25)32)30(36)21-35(41(5,38)39)27-17-23(3)15-16-29(27)40-4/h6-17,22,28H,18-21H2,1-5H3,(H,33,37)/t28-/m0/s1. The molecule has 0 radical (unpaired) electrons. The van der Waals surface area contributed by atoms with Crippen molar-refractivity contribution >= 4 is 27.5 Å². The first kappa shape index (κ1) is 31.6. The molecule has 1 atom stereocenters. The van der Waals surface area contributed by atoms with Gasteiger partial charge in [-0.3, -0.25) is 13.9 Å². The fraction of sp³-hybridized carbons (Fsp3) is 0.355. The summed E-state index contributed by atoms with van der Waals surface area (Å²) in [6.45, 7) is 5.23. The number of rotatable bonds is 13. The number of hydrogen-bond donors (Lipinski definition) is 1. The van der Waals surface area contributed by atoms with E-state index in [0.717, 1.165) is 21.7 Å². The summed E-state index contributed by atoms with van der Waals surface area (Å²) < 4.78 is 47.2. The summed E-state index contributed by atoms with van der Waals surface area (Å²) in [5, 5.41) is 2.90. The van der Waals surface area contributed by atoms with Crippen molar-refractivity contribution < 1.29 is 27.1 Å². The number of ether oxygens (including phenoxy) is 1. The monoisotopic (exact) mass is 583 g/mol. The lowest BCUT2D eigenvalue weighted by Crippen LogP contribution is -2.53. The van der Waals surface area contributed by atoms with Gasteiger partial charge in [0.25, 0.3) is 0 Å². The minimum atomic E-state index is -3.97. The third-order valence-corrected chi connectivity index (χ3v) is 7.66. The van der Waals surface area contributed by atoms with Gasteiger partial charge in [0.15, 0.2) is 0 Å². The van der Waals surface area contributed by atoms with Crippen molar-refractivity contribution in [1.82, 2.24) is 10.2 Å². The lowest BCUT2D eigenvalue weighted by Gasteiger charge is -2.34. The van der Waals surface area contributed by atoms with Crippen LogP contribution in [-0.4, -0.2) is 57.6 Å². The largest absolute Gasteiger partial charge is 0.495 e. The maximum Gasteiger partial charge on any atom is 0.244 e. The van der Waals surface area contributed by atoms with E-state index in [-0.39, 0.29) is 35.9 Å². The van der Waals surface area contributed by atoms with E-state index < -0.39 is 40.2 Å². The molecule has 0 bridgehead atoms. The van der Waals surface area contributed by atoms with Crippen LogP contribution in [0.3, 0.4) is 0 Å². The number of nitrogens with zero attached hydrogens (tertiary/aromatic N) is 2. The van der Waals surface area contributed by atoms with Crippen molar-refractivity contribution in [3.63, 3.8) is 0 Å². The molecule has 3 aromatic carbocycles. The first-order valence-electron chi connectivity index (χ1n) is 13.4. The number of nitrogens with one attached hydrogen (secondary N) is 1. The lowest BCUT2D eigenvalue weighted by atomic mass is 10.0. The SMILES string of the molecule is COc1ccc(C)cc1N(CC(=O)N(Cc1ccccc1F)[C@@H](Cc1ccccc1)C(=O)NCC(C)C)S(C)(=O)=O. The van der Waals surface area contributed by atoms with Gasteiger partial charge in [-0.15, -0.1) is 0 Å². The molecule has 3 aromatic rings. The quantitative estimate of drug-likeness (QED) is 0.323. The van der Waals surface area contributed by atoms with E-state index in [2.05, 4.69) is 5.32 Å². The Bertz CT molecular complexity index is 1450. The molecule has 0 fully saturated rings. The van der Waals surface area contributed by atoms with Crippen molar-refractivity contribution in [1.29, 1.82) is 0 Å². The highest BCUT2D eigenvalue weighted by molar-refractivity contribution is 7.92. The summed E-state index contributed by atoms with van der Waals surface area (Å²) in [4.78, 5) is 29.0. The van der Waals surface area contributed by atoms with Gasteiger partial charge < -0.3 is 15.0 Å². The molecule has 10 heteroatoms. The Morgan fingerprint density at radius 3 is 2.27 bits per heavy atom. The first-order valence-corrected chi connectivity index (χ1v) is 15.2. The van der Waals surface area contributed by atoms with Gasteiger partial charge in [-0.2, -0.15) is 0 Å². The highest BCUT2D eigenvalue weighted by Crippen LogP contribution is 2.31. The van der Waals surface area contributed by atoms with Crippen molar-refractivity contribution in [2.45, 2.75) is 39.8 Å². The fourth-order valence-electron chi connectivity index (χ4n) is 4.38. The van der Waals surface area contributed by atoms with E-state index in [9.17, 15) is 22.4 Å². The first-order chi connectivity index (χ1) is 19.4. The Morgan fingerprint density at radius 1 is 1.00 bits per heavy atom. The molecule has 0 aromatic heterocycles. The normalized spacial score (nSPS) is 12.1. The predicted octanol–water partition coefficient (Wildman–Crippen LogP) is 4.32. The summed E-state index contributed by atoms with van der Waals surface area (Å²) in [6, 6.07) is 19.2. The van der Waals surface area contributed by atoms with Gasteiger partial charge >= 0.3 is 0 Å².